The monoisotopic (exact) mass is 347 g/mol. The summed E-state index contributed by atoms with van der Waals surface area (Å²) in [7, 11) is 1.52. The minimum Gasteiger partial charge on any atom is -0.300 e. The highest BCUT2D eigenvalue weighted by Gasteiger charge is 2.77. The molecule has 1 aromatic carbocycles. The molecule has 0 radical (unpaired) electrons. The van der Waals surface area contributed by atoms with Gasteiger partial charge in [0, 0.05) is 27.4 Å². The predicted octanol–water partition coefficient (Wildman–Crippen LogP) is 0.911. The van der Waals surface area contributed by atoms with Crippen molar-refractivity contribution in [1.29, 1.82) is 0 Å². The molecule has 1 aliphatic carbocycles. The van der Waals surface area contributed by atoms with Crippen molar-refractivity contribution >= 4 is 11.6 Å². The Morgan fingerprint density at radius 3 is 2.32 bits per heavy atom. The van der Waals surface area contributed by atoms with E-state index < -0.39 is 44.8 Å². The molecule has 1 aliphatic heterocycles. The van der Waals surface area contributed by atoms with Crippen LogP contribution in [-0.4, -0.2) is 52.0 Å². The first-order valence-corrected chi connectivity index (χ1v) is 7.79. The zero-order chi connectivity index (χ0) is 18.6. The van der Waals surface area contributed by atoms with Gasteiger partial charge in [0.15, 0.2) is 0 Å². The lowest BCUT2D eigenvalue weighted by Gasteiger charge is -2.50. The molecule has 1 fully saturated rings. The Balaban J connectivity index is 2.43. The van der Waals surface area contributed by atoms with E-state index >= 15 is 0 Å². The predicted molar refractivity (Wildman–Crippen MR) is 85.5 cm³/mol. The quantitative estimate of drug-likeness (QED) is 0.585. The molecule has 9 nitrogen and oxygen atoms in total. The third kappa shape index (κ3) is 2.05. The lowest BCUT2D eigenvalue weighted by Crippen LogP contribution is -2.75. The molecule has 0 N–H and O–H groups in total. The first kappa shape index (κ1) is 17.2. The van der Waals surface area contributed by atoms with Gasteiger partial charge >= 0.3 is 5.54 Å². The topological polar surface area (TPSA) is 124 Å². The van der Waals surface area contributed by atoms with Crippen LogP contribution >= 0.6 is 0 Å². The lowest BCUT2D eigenvalue weighted by atomic mass is 9.56. The summed E-state index contributed by atoms with van der Waals surface area (Å²) in [5.74, 6) is -2.51. The third-order valence-corrected chi connectivity index (χ3v) is 5.35. The standard InChI is InChI=1S/C16H17N3O6/c1-10(20)7-13-15(18(22)23)8-17(2)9-16(13,19(24)25)14(21)11-5-3-4-6-12(11)15/h3-6,13H,7-9H2,1-2H3/t13?,15-,16-/m0/s1. The number of benzene rings is 1. The molecule has 1 unspecified atom stereocenters. The van der Waals surface area contributed by atoms with E-state index in [9.17, 15) is 29.8 Å². The van der Waals surface area contributed by atoms with E-state index in [0.29, 0.717) is 0 Å². The zero-order valence-electron chi connectivity index (χ0n) is 13.8. The maximum Gasteiger partial charge on any atom is 0.306 e. The number of Topliss-reactive ketones (excluding diaryl/α,β-unsaturated/α-hetero) is 2. The van der Waals surface area contributed by atoms with Crippen LogP contribution in [0.3, 0.4) is 0 Å². The molecule has 0 aromatic heterocycles. The van der Waals surface area contributed by atoms with Crippen molar-refractivity contribution in [3.05, 3.63) is 55.6 Å². The number of hydrogen-bond donors (Lipinski definition) is 0. The SMILES string of the molecule is CC(=O)CC1[C@]2([N+](=O)[O-])CN(C)C[C@@]1([N+](=O)[O-])C(=O)c1ccccc12. The fraction of sp³-hybridized carbons (Fsp3) is 0.500. The Kier molecular flexibility index (Phi) is 3.72. The molecule has 2 bridgehead atoms. The van der Waals surface area contributed by atoms with E-state index in [1.807, 2.05) is 0 Å². The van der Waals surface area contributed by atoms with Crippen LogP contribution in [0.5, 0.6) is 0 Å². The molecule has 3 rings (SSSR count). The van der Waals surface area contributed by atoms with Gasteiger partial charge in [-0.3, -0.25) is 29.9 Å². The van der Waals surface area contributed by atoms with E-state index in [1.165, 1.54) is 37.1 Å². The van der Waals surface area contributed by atoms with Crippen molar-refractivity contribution in [2.75, 3.05) is 20.1 Å². The van der Waals surface area contributed by atoms with Gasteiger partial charge < -0.3 is 4.79 Å². The van der Waals surface area contributed by atoms with Crippen molar-refractivity contribution in [3.63, 3.8) is 0 Å². The summed E-state index contributed by atoms with van der Waals surface area (Å²) in [5, 5.41) is 24.2. The molecular weight excluding hydrogens is 330 g/mol. The summed E-state index contributed by atoms with van der Waals surface area (Å²) in [4.78, 5) is 49.3. The van der Waals surface area contributed by atoms with Gasteiger partial charge in [0.1, 0.15) is 11.7 Å². The number of piperidine rings is 1. The van der Waals surface area contributed by atoms with E-state index in [-0.39, 0.29) is 24.2 Å². The maximum absolute atomic E-state index is 13.1. The molecule has 0 spiro atoms. The fourth-order valence-corrected chi connectivity index (χ4v) is 4.47. The maximum atomic E-state index is 13.1. The first-order chi connectivity index (χ1) is 11.7. The van der Waals surface area contributed by atoms with Gasteiger partial charge in [-0.15, -0.1) is 0 Å². The highest BCUT2D eigenvalue weighted by molar-refractivity contribution is 6.06. The minimum atomic E-state index is -2.21. The van der Waals surface area contributed by atoms with Crippen LogP contribution in [0.2, 0.25) is 0 Å². The summed E-state index contributed by atoms with van der Waals surface area (Å²) < 4.78 is 0. The largest absolute Gasteiger partial charge is 0.306 e. The Morgan fingerprint density at radius 2 is 1.76 bits per heavy atom. The zero-order valence-corrected chi connectivity index (χ0v) is 13.8. The molecule has 25 heavy (non-hydrogen) atoms. The molecular formula is C16H17N3O6. The highest BCUT2D eigenvalue weighted by atomic mass is 16.6. The van der Waals surface area contributed by atoms with Crippen LogP contribution in [0.1, 0.15) is 29.3 Å². The summed E-state index contributed by atoms with van der Waals surface area (Å²) in [5.41, 5.74) is -3.93. The van der Waals surface area contributed by atoms with Crippen LogP contribution in [0.25, 0.3) is 0 Å². The number of carbonyl (C=O) groups excluding carboxylic acids is 2. The van der Waals surface area contributed by atoms with Gasteiger partial charge in [-0.25, -0.2) is 0 Å². The highest BCUT2D eigenvalue weighted by Crippen LogP contribution is 2.52. The van der Waals surface area contributed by atoms with Crippen LogP contribution < -0.4 is 0 Å². The molecule has 1 saturated heterocycles. The van der Waals surface area contributed by atoms with Gasteiger partial charge in [-0.1, -0.05) is 24.3 Å². The van der Waals surface area contributed by atoms with Crippen LogP contribution in [0.4, 0.5) is 0 Å². The van der Waals surface area contributed by atoms with Crippen molar-refractivity contribution < 1.29 is 19.4 Å². The Labute approximate surface area is 142 Å². The summed E-state index contributed by atoms with van der Waals surface area (Å²) >= 11 is 0. The van der Waals surface area contributed by atoms with Crippen molar-refractivity contribution in [2.45, 2.75) is 24.4 Å². The molecule has 1 heterocycles. The second-order valence-electron chi connectivity index (χ2n) is 6.87. The number of hydrogen-bond acceptors (Lipinski definition) is 7. The van der Waals surface area contributed by atoms with E-state index in [4.69, 9.17) is 0 Å². The second kappa shape index (κ2) is 5.41. The number of rotatable bonds is 4. The number of likely N-dealkylation sites (N-methyl/N-ethyl adjacent to an activating group) is 1. The van der Waals surface area contributed by atoms with Crippen LogP contribution in [0, 0.1) is 26.1 Å². The molecule has 1 aromatic rings. The molecule has 0 saturated carbocycles. The number of carbonyl (C=O) groups is 2. The Hall–Kier alpha value is -2.68. The third-order valence-electron chi connectivity index (χ3n) is 5.35. The van der Waals surface area contributed by atoms with Gasteiger partial charge in [0.05, 0.1) is 13.1 Å². The summed E-state index contributed by atoms with van der Waals surface area (Å²) in [6.45, 7) is 0.865. The normalized spacial score (nSPS) is 31.3. The number of fused-ring (bicyclic) bond motifs is 4. The molecule has 3 atom stereocenters. The average molecular weight is 347 g/mol. The van der Waals surface area contributed by atoms with Gasteiger partial charge in [0.25, 0.3) is 5.54 Å². The molecule has 132 valence electrons. The number of likely N-dealkylation sites (tertiary alicyclic amines) is 1. The van der Waals surface area contributed by atoms with Crippen LogP contribution in [-0.2, 0) is 10.3 Å². The number of ketones is 2. The fourth-order valence-electron chi connectivity index (χ4n) is 4.47. The Morgan fingerprint density at radius 1 is 1.20 bits per heavy atom. The summed E-state index contributed by atoms with van der Waals surface area (Å²) in [6.07, 6.45) is -0.393. The van der Waals surface area contributed by atoms with Gasteiger partial charge in [-0.2, -0.15) is 0 Å². The van der Waals surface area contributed by atoms with E-state index in [1.54, 1.807) is 6.07 Å². The van der Waals surface area contributed by atoms with E-state index in [0.717, 1.165) is 0 Å². The van der Waals surface area contributed by atoms with Crippen molar-refractivity contribution in [2.24, 2.45) is 5.92 Å². The van der Waals surface area contributed by atoms with Gasteiger partial charge in [0.2, 0.25) is 5.78 Å². The average Bonchev–Trinajstić information content (AvgIpc) is 2.53. The molecule has 2 aliphatic rings. The summed E-state index contributed by atoms with van der Waals surface area (Å²) in [6, 6.07) is 5.95. The lowest BCUT2D eigenvalue weighted by molar-refractivity contribution is -0.640. The van der Waals surface area contributed by atoms with Gasteiger partial charge in [-0.05, 0) is 14.0 Å². The van der Waals surface area contributed by atoms with Crippen molar-refractivity contribution in [3.8, 4) is 0 Å². The van der Waals surface area contributed by atoms with Crippen molar-refractivity contribution in [1.82, 2.24) is 4.90 Å². The number of nitrogens with zero attached hydrogens (tertiary/aromatic N) is 3. The molecule has 0 amide bonds. The minimum absolute atomic E-state index is 0.00352. The first-order valence-electron chi connectivity index (χ1n) is 7.79. The van der Waals surface area contributed by atoms with Crippen LogP contribution in [0.15, 0.2) is 24.3 Å². The Bertz CT molecular complexity index is 809. The van der Waals surface area contributed by atoms with E-state index in [2.05, 4.69) is 0 Å². The smallest absolute Gasteiger partial charge is 0.300 e. The molecule has 9 heteroatoms. The second-order valence-corrected chi connectivity index (χ2v) is 6.87. The number of nitro groups is 2.